The molecule has 0 saturated heterocycles. The fourth-order valence-electron chi connectivity index (χ4n) is 1.11. The summed E-state index contributed by atoms with van der Waals surface area (Å²) in [5.74, 6) is -0.346. The Balaban J connectivity index is 2.17. The number of carbonyl (C=O) groups excluding carboxylic acids is 1. The molecule has 0 saturated carbocycles. The minimum Gasteiger partial charge on any atom is -0.397 e. The van der Waals surface area contributed by atoms with Gasteiger partial charge < -0.3 is 11.1 Å². The predicted octanol–water partition coefficient (Wildman–Crippen LogP) is 0.639. The number of para-hydroxylation sites is 2. The second-order valence-corrected chi connectivity index (χ2v) is 2.90. The number of aromatic nitrogens is 3. The van der Waals surface area contributed by atoms with Gasteiger partial charge in [0, 0.05) is 0 Å². The molecule has 2 aromatic rings. The lowest BCUT2D eigenvalue weighted by molar-refractivity contribution is 0.102. The number of nitrogen functional groups attached to an aromatic ring is 1. The van der Waals surface area contributed by atoms with Crippen LogP contribution in [0.2, 0.25) is 0 Å². The third-order valence-electron chi connectivity index (χ3n) is 1.86. The average molecular weight is 203 g/mol. The maximum Gasteiger partial charge on any atom is 0.277 e. The summed E-state index contributed by atoms with van der Waals surface area (Å²) in [6.45, 7) is 0. The van der Waals surface area contributed by atoms with Crippen LogP contribution in [-0.2, 0) is 0 Å². The zero-order chi connectivity index (χ0) is 10.7. The Morgan fingerprint density at radius 1 is 1.40 bits per heavy atom. The number of anilines is 2. The molecule has 0 fully saturated rings. The molecule has 6 nitrogen and oxygen atoms in total. The number of hydrogen-bond acceptors (Lipinski definition) is 4. The zero-order valence-corrected chi connectivity index (χ0v) is 7.77. The molecule has 6 heteroatoms. The lowest BCUT2D eigenvalue weighted by atomic mass is 10.2. The number of nitrogens with two attached hydrogens (primary N) is 1. The molecule has 76 valence electrons. The number of aromatic amines is 1. The van der Waals surface area contributed by atoms with E-state index in [2.05, 4.69) is 20.7 Å². The van der Waals surface area contributed by atoms with Crippen LogP contribution >= 0.6 is 0 Å². The monoisotopic (exact) mass is 203 g/mol. The highest BCUT2D eigenvalue weighted by Crippen LogP contribution is 2.17. The van der Waals surface area contributed by atoms with Gasteiger partial charge in [-0.15, -0.1) is 0 Å². The molecule has 0 spiro atoms. The van der Waals surface area contributed by atoms with Crippen LogP contribution in [-0.4, -0.2) is 21.3 Å². The summed E-state index contributed by atoms with van der Waals surface area (Å²) in [7, 11) is 0. The maximum absolute atomic E-state index is 11.5. The molecule has 0 aliphatic carbocycles. The number of rotatable bonds is 2. The minimum atomic E-state index is -0.346. The van der Waals surface area contributed by atoms with Gasteiger partial charge >= 0.3 is 0 Å². The Morgan fingerprint density at radius 3 is 2.87 bits per heavy atom. The molecule has 0 aliphatic rings. The van der Waals surface area contributed by atoms with Gasteiger partial charge in [-0.1, -0.05) is 12.1 Å². The lowest BCUT2D eigenvalue weighted by Crippen LogP contribution is -2.13. The first-order chi connectivity index (χ1) is 7.27. The summed E-state index contributed by atoms with van der Waals surface area (Å²) >= 11 is 0. The van der Waals surface area contributed by atoms with Crippen molar-refractivity contribution in [1.29, 1.82) is 0 Å². The Morgan fingerprint density at radius 2 is 2.20 bits per heavy atom. The molecular weight excluding hydrogens is 194 g/mol. The summed E-state index contributed by atoms with van der Waals surface area (Å²) in [6.07, 6.45) is 1.34. The van der Waals surface area contributed by atoms with Gasteiger partial charge in [0.1, 0.15) is 0 Å². The third kappa shape index (κ3) is 1.93. The minimum absolute atomic E-state index is 0.221. The van der Waals surface area contributed by atoms with Crippen molar-refractivity contribution in [2.45, 2.75) is 0 Å². The number of amides is 1. The zero-order valence-electron chi connectivity index (χ0n) is 7.77. The summed E-state index contributed by atoms with van der Waals surface area (Å²) in [4.78, 5) is 11.5. The van der Waals surface area contributed by atoms with Crippen LogP contribution in [0.25, 0.3) is 0 Å². The third-order valence-corrected chi connectivity index (χ3v) is 1.86. The van der Waals surface area contributed by atoms with E-state index >= 15 is 0 Å². The molecule has 1 aromatic carbocycles. The van der Waals surface area contributed by atoms with E-state index in [0.717, 1.165) is 0 Å². The van der Waals surface area contributed by atoms with Crippen LogP contribution in [0.1, 0.15) is 10.5 Å². The first kappa shape index (κ1) is 9.20. The van der Waals surface area contributed by atoms with Crippen LogP contribution in [0.5, 0.6) is 0 Å². The van der Waals surface area contributed by atoms with Gasteiger partial charge in [0.25, 0.3) is 5.91 Å². The number of nitrogens with one attached hydrogen (secondary N) is 2. The normalized spacial score (nSPS) is 9.87. The number of H-pyrrole nitrogens is 1. The Labute approximate surface area is 85.5 Å². The second-order valence-electron chi connectivity index (χ2n) is 2.90. The van der Waals surface area contributed by atoms with E-state index in [9.17, 15) is 4.79 Å². The molecule has 15 heavy (non-hydrogen) atoms. The number of carbonyl (C=O) groups is 1. The Bertz CT molecular complexity index is 465. The lowest BCUT2D eigenvalue weighted by Gasteiger charge is -2.05. The van der Waals surface area contributed by atoms with Crippen molar-refractivity contribution in [3.8, 4) is 0 Å². The van der Waals surface area contributed by atoms with Gasteiger partial charge in [-0.3, -0.25) is 4.79 Å². The first-order valence-electron chi connectivity index (χ1n) is 4.29. The van der Waals surface area contributed by atoms with Crippen molar-refractivity contribution in [2.75, 3.05) is 11.1 Å². The van der Waals surface area contributed by atoms with Crippen molar-refractivity contribution < 1.29 is 4.79 Å². The van der Waals surface area contributed by atoms with E-state index < -0.39 is 0 Å². The standard InChI is InChI=1S/C9H9N5O/c10-6-3-1-2-4-7(6)12-9(15)8-5-11-14-13-8/h1-5H,10H2,(H,12,15)(H,11,13,14). The predicted molar refractivity (Wildman–Crippen MR) is 55.2 cm³/mol. The van der Waals surface area contributed by atoms with E-state index in [1.807, 2.05) is 0 Å². The van der Waals surface area contributed by atoms with Gasteiger partial charge in [0.15, 0.2) is 5.69 Å². The molecule has 0 bridgehead atoms. The smallest absolute Gasteiger partial charge is 0.277 e. The van der Waals surface area contributed by atoms with Crippen LogP contribution < -0.4 is 11.1 Å². The first-order valence-corrected chi connectivity index (χ1v) is 4.29. The fourth-order valence-corrected chi connectivity index (χ4v) is 1.11. The van der Waals surface area contributed by atoms with Crippen molar-refractivity contribution in [1.82, 2.24) is 15.4 Å². The van der Waals surface area contributed by atoms with Crippen LogP contribution in [0.4, 0.5) is 11.4 Å². The fraction of sp³-hybridized carbons (Fsp3) is 0. The Hall–Kier alpha value is -2.37. The van der Waals surface area contributed by atoms with Crippen LogP contribution in [0.15, 0.2) is 30.5 Å². The Kier molecular flexibility index (Phi) is 2.32. The summed E-state index contributed by atoms with van der Waals surface area (Å²) in [5.41, 5.74) is 6.95. The quantitative estimate of drug-likeness (QED) is 0.624. The molecule has 2 rings (SSSR count). The van der Waals surface area contributed by atoms with E-state index in [1.54, 1.807) is 24.3 Å². The molecule has 4 N–H and O–H groups in total. The van der Waals surface area contributed by atoms with Gasteiger partial charge in [0.2, 0.25) is 0 Å². The van der Waals surface area contributed by atoms with Crippen molar-refractivity contribution in [2.24, 2.45) is 0 Å². The molecule has 0 radical (unpaired) electrons. The summed E-state index contributed by atoms with van der Waals surface area (Å²) in [6, 6.07) is 7.00. The molecule has 1 heterocycles. The van der Waals surface area contributed by atoms with E-state index in [4.69, 9.17) is 5.73 Å². The molecule has 0 aliphatic heterocycles. The van der Waals surface area contributed by atoms with Gasteiger partial charge in [0.05, 0.1) is 17.6 Å². The van der Waals surface area contributed by atoms with Gasteiger partial charge in [-0.25, -0.2) is 0 Å². The largest absolute Gasteiger partial charge is 0.397 e. The maximum atomic E-state index is 11.5. The number of nitrogens with zero attached hydrogens (tertiary/aromatic N) is 2. The highest BCUT2D eigenvalue weighted by atomic mass is 16.2. The molecule has 0 unspecified atom stereocenters. The average Bonchev–Trinajstić information content (AvgIpc) is 2.74. The van der Waals surface area contributed by atoms with E-state index in [1.165, 1.54) is 6.20 Å². The molecule has 1 aromatic heterocycles. The van der Waals surface area contributed by atoms with E-state index in [-0.39, 0.29) is 11.6 Å². The summed E-state index contributed by atoms with van der Waals surface area (Å²) in [5, 5.41) is 12.2. The van der Waals surface area contributed by atoms with E-state index in [0.29, 0.717) is 11.4 Å². The number of benzene rings is 1. The van der Waals surface area contributed by atoms with Crippen LogP contribution in [0.3, 0.4) is 0 Å². The van der Waals surface area contributed by atoms with Crippen LogP contribution in [0, 0.1) is 0 Å². The topological polar surface area (TPSA) is 96.7 Å². The van der Waals surface area contributed by atoms with Crippen molar-refractivity contribution in [3.63, 3.8) is 0 Å². The van der Waals surface area contributed by atoms with Crippen molar-refractivity contribution in [3.05, 3.63) is 36.2 Å². The molecule has 1 amide bonds. The SMILES string of the molecule is Nc1ccccc1NC(=O)c1cn[nH]n1. The second kappa shape index (κ2) is 3.79. The van der Waals surface area contributed by atoms with Gasteiger partial charge in [-0.2, -0.15) is 15.4 Å². The summed E-state index contributed by atoms with van der Waals surface area (Å²) < 4.78 is 0. The van der Waals surface area contributed by atoms with Crippen molar-refractivity contribution >= 4 is 17.3 Å². The van der Waals surface area contributed by atoms with Gasteiger partial charge in [-0.05, 0) is 12.1 Å². The highest BCUT2D eigenvalue weighted by Gasteiger charge is 2.09. The molecular formula is C9H9N5O. The number of hydrogen-bond donors (Lipinski definition) is 3. The molecule has 0 atom stereocenters. The highest BCUT2D eigenvalue weighted by molar-refractivity contribution is 6.04.